The molecule has 0 aromatic carbocycles. The maximum Gasteiger partial charge on any atom is 0.337 e. The fourth-order valence-electron chi connectivity index (χ4n) is 3.50. The summed E-state index contributed by atoms with van der Waals surface area (Å²) in [7, 11) is 0. The molecule has 0 aliphatic heterocycles. The smallest absolute Gasteiger partial charge is 0.337 e. The molecule has 0 spiro atoms. The van der Waals surface area contributed by atoms with E-state index in [1.165, 1.54) is 18.9 Å². The molecule has 0 bridgehead atoms. The summed E-state index contributed by atoms with van der Waals surface area (Å²) in [5.41, 5.74) is 0.198. The van der Waals surface area contributed by atoms with Crippen molar-refractivity contribution in [1.82, 2.24) is 9.97 Å². The van der Waals surface area contributed by atoms with Crippen molar-refractivity contribution < 1.29 is 19.5 Å². The van der Waals surface area contributed by atoms with Gasteiger partial charge in [-0.2, -0.15) is 4.98 Å². The number of hydrogen-bond donors (Lipinski definition) is 3. The van der Waals surface area contributed by atoms with Crippen LogP contribution in [0.1, 0.15) is 56.9 Å². The van der Waals surface area contributed by atoms with Gasteiger partial charge in [0.25, 0.3) is 5.56 Å². The minimum Gasteiger partial charge on any atom is -0.403 e. The summed E-state index contributed by atoms with van der Waals surface area (Å²) in [6, 6.07) is 1.18. The normalized spacial score (nSPS) is 19.0. The van der Waals surface area contributed by atoms with E-state index in [1.54, 1.807) is 0 Å². The quantitative estimate of drug-likeness (QED) is 0.504. The molecule has 2 aliphatic rings. The third-order valence-electron chi connectivity index (χ3n) is 5.32. The molecule has 2 aromatic rings. The number of nitrogens with zero attached hydrogens (tertiary/aromatic N) is 2. The van der Waals surface area contributed by atoms with Gasteiger partial charge < -0.3 is 19.5 Å². The van der Waals surface area contributed by atoms with Crippen molar-refractivity contribution in [2.24, 2.45) is 11.1 Å². The van der Waals surface area contributed by atoms with Crippen LogP contribution in [0.2, 0.25) is 0 Å². The molecule has 9 nitrogen and oxygen atoms in total. The predicted molar refractivity (Wildman–Crippen MR) is 100 cm³/mol. The summed E-state index contributed by atoms with van der Waals surface area (Å²) in [6.45, 7) is 0. The van der Waals surface area contributed by atoms with Crippen LogP contribution >= 0.6 is 0 Å². The number of aliphatic hydroxyl groups is 2. The van der Waals surface area contributed by atoms with E-state index in [4.69, 9.17) is 9.25 Å². The average molecular weight is 389 g/mol. The lowest BCUT2D eigenvalue weighted by molar-refractivity contribution is -0.171. The van der Waals surface area contributed by atoms with Gasteiger partial charge in [0.15, 0.2) is 5.79 Å². The molecular formula is C19H23N3O6. The van der Waals surface area contributed by atoms with Crippen LogP contribution in [0, 0.1) is 5.92 Å². The zero-order valence-corrected chi connectivity index (χ0v) is 15.4. The fourth-order valence-corrected chi connectivity index (χ4v) is 3.50. The number of nitrogens with one attached hydrogen (secondary N) is 1. The summed E-state index contributed by atoms with van der Waals surface area (Å²) in [6.07, 6.45) is 6.21. The zero-order chi connectivity index (χ0) is 19.7. The van der Waals surface area contributed by atoms with E-state index in [-0.39, 0.29) is 30.0 Å². The van der Waals surface area contributed by atoms with Crippen LogP contribution in [-0.4, -0.2) is 31.7 Å². The second-order valence-electron chi connectivity index (χ2n) is 7.71. The summed E-state index contributed by atoms with van der Waals surface area (Å²) in [5.74, 6) is -0.892. The van der Waals surface area contributed by atoms with E-state index in [1.807, 2.05) is 0 Å². The Morgan fingerprint density at radius 3 is 2.75 bits per heavy atom. The molecule has 0 atom stereocenters. The molecule has 150 valence electrons. The lowest BCUT2D eigenvalue weighted by atomic mass is 9.93. The summed E-state index contributed by atoms with van der Waals surface area (Å²) in [5, 5.41) is 23.3. The second-order valence-corrected chi connectivity index (χ2v) is 7.71. The number of fused-ring (bicyclic) bond motifs is 1. The van der Waals surface area contributed by atoms with Crippen molar-refractivity contribution in [3.63, 3.8) is 0 Å². The molecule has 3 N–H and O–H groups in total. The van der Waals surface area contributed by atoms with E-state index < -0.39 is 17.0 Å². The van der Waals surface area contributed by atoms with Crippen LogP contribution in [0.4, 0.5) is 0 Å². The molecule has 2 fully saturated rings. The Hall–Kier alpha value is -2.52. The molecule has 2 heterocycles. The first kappa shape index (κ1) is 18.8. The van der Waals surface area contributed by atoms with E-state index >= 15 is 0 Å². The Morgan fingerprint density at radius 1 is 1.29 bits per heavy atom. The van der Waals surface area contributed by atoms with E-state index in [9.17, 15) is 19.8 Å². The van der Waals surface area contributed by atoms with Crippen molar-refractivity contribution in [3.05, 3.63) is 32.4 Å². The van der Waals surface area contributed by atoms with Gasteiger partial charge in [0.1, 0.15) is 5.39 Å². The van der Waals surface area contributed by atoms with Gasteiger partial charge >= 0.3 is 11.6 Å². The van der Waals surface area contributed by atoms with Crippen molar-refractivity contribution in [2.45, 2.75) is 63.6 Å². The molecule has 4 rings (SSSR count). The number of aromatic nitrogens is 2. The second kappa shape index (κ2) is 7.48. The Morgan fingerprint density at radius 2 is 2.04 bits per heavy atom. The minimum absolute atomic E-state index is 0.0683. The third-order valence-corrected chi connectivity index (χ3v) is 5.32. The topological polar surface area (TPSA) is 138 Å². The van der Waals surface area contributed by atoms with Gasteiger partial charge in [-0.25, -0.2) is 4.79 Å². The van der Waals surface area contributed by atoms with Gasteiger partial charge in [0, 0.05) is 18.9 Å². The Balaban J connectivity index is 1.54. The standard InChI is InChI=1S/C19H23N3O6/c23-14-10-12(3-1-2-11-4-5-11)15-16(24)20-18(21-17(15)27-14)28-22-13-6-8-19(25,26)9-7-13/h10-11,25-26H,1-9H2,(H,20,21,24). The molecule has 28 heavy (non-hydrogen) atoms. The summed E-state index contributed by atoms with van der Waals surface area (Å²) < 4.78 is 5.10. The molecule has 2 saturated carbocycles. The first-order valence-electron chi connectivity index (χ1n) is 9.64. The number of rotatable bonds is 6. The number of oxime groups is 1. The Kier molecular flexibility index (Phi) is 5.03. The first-order valence-corrected chi connectivity index (χ1v) is 9.64. The van der Waals surface area contributed by atoms with Crippen molar-refractivity contribution >= 4 is 16.8 Å². The van der Waals surface area contributed by atoms with Crippen molar-refractivity contribution in [1.29, 1.82) is 0 Å². The predicted octanol–water partition coefficient (Wildman–Crippen LogP) is 1.60. The highest BCUT2D eigenvalue weighted by Gasteiger charge is 2.29. The van der Waals surface area contributed by atoms with Crippen LogP contribution in [-0.2, 0) is 6.42 Å². The lowest BCUT2D eigenvalue weighted by Crippen LogP contribution is -2.33. The van der Waals surface area contributed by atoms with Gasteiger partial charge in [-0.1, -0.05) is 24.4 Å². The van der Waals surface area contributed by atoms with Crippen LogP contribution in [0.3, 0.4) is 0 Å². The average Bonchev–Trinajstić information content (AvgIpc) is 3.44. The maximum absolute atomic E-state index is 12.5. The van der Waals surface area contributed by atoms with Crippen molar-refractivity contribution in [2.75, 3.05) is 0 Å². The van der Waals surface area contributed by atoms with Gasteiger partial charge in [-0.15, -0.1) is 0 Å². The lowest BCUT2D eigenvalue weighted by Gasteiger charge is -2.26. The molecule has 2 aliphatic carbocycles. The minimum atomic E-state index is -1.67. The van der Waals surface area contributed by atoms with Gasteiger partial charge in [0.2, 0.25) is 5.71 Å². The number of aryl methyl sites for hydroxylation is 1. The Bertz CT molecular complexity index is 1010. The van der Waals surface area contributed by atoms with Crippen LogP contribution in [0.25, 0.3) is 11.1 Å². The zero-order valence-electron chi connectivity index (χ0n) is 15.4. The monoisotopic (exact) mass is 389 g/mol. The van der Waals surface area contributed by atoms with E-state index in [2.05, 4.69) is 15.1 Å². The molecule has 0 radical (unpaired) electrons. The highest BCUT2D eigenvalue weighted by molar-refractivity contribution is 5.84. The molecule has 0 saturated heterocycles. The third kappa shape index (κ3) is 4.48. The summed E-state index contributed by atoms with van der Waals surface area (Å²) in [4.78, 5) is 36.2. The van der Waals surface area contributed by atoms with Gasteiger partial charge in [0.05, 0.1) is 5.71 Å². The molecule has 9 heteroatoms. The van der Waals surface area contributed by atoms with Gasteiger partial charge in [-0.05, 0) is 37.2 Å². The SMILES string of the molecule is O=c1cc(CCCC2CC2)c2c(=O)[nH]c(ON=C3CCC(O)(O)CC3)nc2o1. The maximum atomic E-state index is 12.5. The molecule has 2 aromatic heterocycles. The molecule has 0 unspecified atom stereocenters. The summed E-state index contributed by atoms with van der Waals surface area (Å²) >= 11 is 0. The number of H-pyrrole nitrogens is 1. The molecule has 0 amide bonds. The highest BCUT2D eigenvalue weighted by atomic mass is 16.6. The fraction of sp³-hybridized carbons (Fsp3) is 0.579. The highest BCUT2D eigenvalue weighted by Crippen LogP contribution is 2.34. The largest absolute Gasteiger partial charge is 0.403 e. The van der Waals surface area contributed by atoms with E-state index in [0.717, 1.165) is 18.8 Å². The number of aromatic amines is 1. The number of hydrogen-bond acceptors (Lipinski definition) is 8. The van der Waals surface area contributed by atoms with E-state index in [0.29, 0.717) is 30.5 Å². The van der Waals surface area contributed by atoms with Crippen LogP contribution in [0.5, 0.6) is 6.01 Å². The Labute approximate surface area is 160 Å². The van der Waals surface area contributed by atoms with Crippen LogP contribution < -0.4 is 16.0 Å². The van der Waals surface area contributed by atoms with Crippen molar-refractivity contribution in [3.8, 4) is 6.01 Å². The first-order chi connectivity index (χ1) is 13.4. The molecular weight excluding hydrogens is 366 g/mol. The van der Waals surface area contributed by atoms with Gasteiger partial charge in [-0.3, -0.25) is 9.78 Å². The van der Waals surface area contributed by atoms with Crippen LogP contribution in [0.15, 0.2) is 25.2 Å².